The molecule has 6 heteroatoms. The summed E-state index contributed by atoms with van der Waals surface area (Å²) in [7, 11) is -3.16. The number of alkyl halides is 3. The second-order valence-electron chi connectivity index (χ2n) is 4.95. The third-order valence-corrected chi connectivity index (χ3v) is 9.09. The first-order chi connectivity index (χ1) is 8.81. The number of rotatable bonds is 11. The molecule has 19 heavy (non-hydrogen) atoms. The molecule has 0 unspecified atom stereocenters. The van der Waals surface area contributed by atoms with Gasteiger partial charge in [0.05, 0.1) is 5.75 Å². The Morgan fingerprint density at radius 2 is 1.11 bits per heavy atom. The summed E-state index contributed by atoms with van der Waals surface area (Å²) in [4.78, 5) is 0. The van der Waals surface area contributed by atoms with E-state index in [9.17, 15) is 8.42 Å². The molecule has 0 heterocycles. The lowest BCUT2D eigenvalue weighted by Crippen LogP contribution is -2.21. The van der Waals surface area contributed by atoms with E-state index in [2.05, 4.69) is 54.7 Å². The van der Waals surface area contributed by atoms with Crippen LogP contribution in [0.2, 0.25) is 0 Å². The van der Waals surface area contributed by atoms with Crippen molar-refractivity contribution in [2.75, 3.05) is 5.75 Å². The van der Waals surface area contributed by atoms with Gasteiger partial charge in [-0.25, -0.2) is 8.42 Å². The van der Waals surface area contributed by atoms with Gasteiger partial charge in [0.15, 0.2) is 9.84 Å². The van der Waals surface area contributed by atoms with Crippen molar-refractivity contribution in [1.82, 2.24) is 0 Å². The van der Waals surface area contributed by atoms with Crippen LogP contribution >= 0.6 is 47.8 Å². The zero-order chi connectivity index (χ0) is 14.8. The maximum Gasteiger partial charge on any atom is 0.234 e. The third kappa shape index (κ3) is 10.7. The van der Waals surface area contributed by atoms with Crippen LogP contribution in [0, 0.1) is 0 Å². The Morgan fingerprint density at radius 1 is 0.737 bits per heavy atom. The molecule has 0 saturated heterocycles. The predicted octanol–water partition coefficient (Wildman–Crippen LogP) is 6.12. The molecule has 0 amide bonds. The minimum atomic E-state index is -3.16. The second-order valence-corrected chi connectivity index (χ2v) is 15.5. The van der Waals surface area contributed by atoms with Gasteiger partial charge in [0.1, 0.15) is 0 Å². The molecular formula is C13H25Br3O2S. The Labute approximate surface area is 143 Å². The monoisotopic (exact) mass is 482 g/mol. The average molecular weight is 485 g/mol. The molecule has 0 saturated carbocycles. The summed E-state index contributed by atoms with van der Waals surface area (Å²) in [5.41, 5.74) is 0. The van der Waals surface area contributed by atoms with E-state index in [-0.39, 0.29) is 5.75 Å². The largest absolute Gasteiger partial charge is 0.234 e. The van der Waals surface area contributed by atoms with Crippen LogP contribution in [-0.4, -0.2) is 15.6 Å². The van der Waals surface area contributed by atoms with Gasteiger partial charge in [0.25, 0.3) is 0 Å². The van der Waals surface area contributed by atoms with Crippen LogP contribution in [0.15, 0.2) is 0 Å². The first-order valence-electron chi connectivity index (χ1n) is 7.10. The normalized spacial score (nSPS) is 12.8. The van der Waals surface area contributed by atoms with Gasteiger partial charge in [-0.15, -0.1) is 0 Å². The van der Waals surface area contributed by atoms with Crippen LogP contribution in [0.1, 0.15) is 71.1 Å². The molecule has 0 radical (unpaired) electrons. The molecule has 2 nitrogen and oxygen atoms in total. The molecule has 0 fully saturated rings. The number of unbranched alkanes of at least 4 members (excludes halogenated alkanes) is 9. The van der Waals surface area contributed by atoms with Crippen LogP contribution in [0.25, 0.3) is 0 Å². The topological polar surface area (TPSA) is 34.1 Å². The minimum Gasteiger partial charge on any atom is -0.226 e. The van der Waals surface area contributed by atoms with Crippen molar-refractivity contribution in [3.8, 4) is 0 Å². The van der Waals surface area contributed by atoms with Crippen molar-refractivity contribution in [1.29, 1.82) is 0 Å². The van der Waals surface area contributed by atoms with Gasteiger partial charge in [-0.3, -0.25) is 0 Å². The number of hydrogen-bond donors (Lipinski definition) is 0. The van der Waals surface area contributed by atoms with E-state index in [0.717, 1.165) is 19.3 Å². The summed E-state index contributed by atoms with van der Waals surface area (Å²) in [5, 5.41) is 0. The van der Waals surface area contributed by atoms with E-state index in [0.29, 0.717) is 0 Å². The van der Waals surface area contributed by atoms with Crippen molar-refractivity contribution in [3.63, 3.8) is 0 Å². The average Bonchev–Trinajstić information content (AvgIpc) is 2.30. The molecule has 0 rings (SSSR count). The summed E-state index contributed by atoms with van der Waals surface area (Å²) >= 11 is 9.21. The molecule has 0 spiro atoms. The highest BCUT2D eigenvalue weighted by Gasteiger charge is 2.34. The van der Waals surface area contributed by atoms with Crippen molar-refractivity contribution >= 4 is 57.6 Å². The van der Waals surface area contributed by atoms with Gasteiger partial charge in [-0.05, 0) is 54.2 Å². The fraction of sp³-hybridized carbons (Fsp3) is 1.00. The SMILES string of the molecule is CCCCCCCCCCCCS(=O)(=O)C(Br)(Br)Br. The molecule has 0 aliphatic rings. The van der Waals surface area contributed by atoms with Crippen molar-refractivity contribution in [2.24, 2.45) is 0 Å². The van der Waals surface area contributed by atoms with Crippen LogP contribution in [0.3, 0.4) is 0 Å². The van der Waals surface area contributed by atoms with E-state index in [1.807, 2.05) is 0 Å². The molecule has 0 aromatic heterocycles. The number of halogens is 3. The van der Waals surface area contributed by atoms with Crippen LogP contribution in [0.4, 0.5) is 0 Å². The first kappa shape index (κ1) is 20.4. The van der Waals surface area contributed by atoms with Crippen molar-refractivity contribution in [3.05, 3.63) is 0 Å². The van der Waals surface area contributed by atoms with Crippen LogP contribution in [0.5, 0.6) is 0 Å². The fourth-order valence-electron chi connectivity index (χ4n) is 1.90. The van der Waals surface area contributed by atoms with E-state index in [1.165, 1.54) is 44.9 Å². The Kier molecular flexibility index (Phi) is 11.8. The minimum absolute atomic E-state index is 0.214. The summed E-state index contributed by atoms with van der Waals surface area (Å²) in [5.74, 6) is 0.214. The highest BCUT2D eigenvalue weighted by atomic mass is 80.0. The van der Waals surface area contributed by atoms with Gasteiger partial charge >= 0.3 is 0 Å². The Hall–Kier alpha value is 1.39. The van der Waals surface area contributed by atoms with Gasteiger partial charge in [0.2, 0.25) is 1.47 Å². The maximum absolute atomic E-state index is 11.7. The molecule has 0 aliphatic carbocycles. The highest BCUT2D eigenvalue weighted by Crippen LogP contribution is 2.40. The molecule has 0 aliphatic heterocycles. The fourth-order valence-corrected chi connectivity index (χ4v) is 4.17. The van der Waals surface area contributed by atoms with Gasteiger partial charge in [-0.1, -0.05) is 64.7 Å². The Bertz CT molecular complexity index is 310. The molecule has 0 aromatic rings. The first-order valence-corrected chi connectivity index (χ1v) is 11.1. The summed E-state index contributed by atoms with van der Waals surface area (Å²) in [6, 6.07) is 0. The zero-order valence-electron chi connectivity index (χ0n) is 11.6. The predicted molar refractivity (Wildman–Crippen MR) is 95.1 cm³/mol. The molecule has 0 atom stereocenters. The summed E-state index contributed by atoms with van der Waals surface area (Å²) < 4.78 is 22.3. The smallest absolute Gasteiger partial charge is 0.226 e. The van der Waals surface area contributed by atoms with Gasteiger partial charge < -0.3 is 0 Å². The van der Waals surface area contributed by atoms with Gasteiger partial charge in [0, 0.05) is 0 Å². The van der Waals surface area contributed by atoms with Gasteiger partial charge in [-0.2, -0.15) is 0 Å². The highest BCUT2D eigenvalue weighted by molar-refractivity contribution is 9.42. The molecule has 0 N–H and O–H groups in total. The molecule has 0 aromatic carbocycles. The van der Waals surface area contributed by atoms with E-state index in [1.54, 1.807) is 0 Å². The van der Waals surface area contributed by atoms with Crippen molar-refractivity contribution < 1.29 is 8.42 Å². The third-order valence-electron chi connectivity index (χ3n) is 3.12. The molecular weight excluding hydrogens is 460 g/mol. The second kappa shape index (κ2) is 11.0. The van der Waals surface area contributed by atoms with E-state index >= 15 is 0 Å². The summed E-state index contributed by atoms with van der Waals surface area (Å²) in [6.07, 6.45) is 12.1. The van der Waals surface area contributed by atoms with E-state index in [4.69, 9.17) is 0 Å². The number of hydrogen-bond acceptors (Lipinski definition) is 2. The Balaban J connectivity index is 3.42. The molecule has 0 bridgehead atoms. The lowest BCUT2D eigenvalue weighted by molar-refractivity contribution is 0.558. The zero-order valence-corrected chi connectivity index (χ0v) is 17.2. The van der Waals surface area contributed by atoms with Crippen molar-refractivity contribution in [2.45, 2.75) is 72.6 Å². The Morgan fingerprint density at radius 3 is 1.47 bits per heavy atom. The number of sulfone groups is 1. The van der Waals surface area contributed by atoms with E-state index < -0.39 is 11.3 Å². The van der Waals surface area contributed by atoms with Crippen LogP contribution in [-0.2, 0) is 9.84 Å². The maximum atomic E-state index is 11.7. The lowest BCUT2D eigenvalue weighted by atomic mass is 10.1. The lowest BCUT2D eigenvalue weighted by Gasteiger charge is -2.13. The van der Waals surface area contributed by atoms with Crippen LogP contribution < -0.4 is 0 Å². The molecule has 116 valence electrons. The standard InChI is InChI=1S/C13H25Br3O2S/c1-2-3-4-5-6-7-8-9-10-11-12-19(17,18)13(14,15)16/h2-12H2,1H3. The quantitative estimate of drug-likeness (QED) is 0.261. The summed E-state index contributed by atoms with van der Waals surface area (Å²) in [6.45, 7) is 2.23.